The molecule has 114 valence electrons. The first-order valence-corrected chi connectivity index (χ1v) is 8.63. The minimum absolute atomic E-state index is 0.561. The molecule has 1 aliphatic rings. The van der Waals surface area contributed by atoms with Crippen LogP contribution in [-0.4, -0.2) is 6.04 Å². The first-order valence-electron chi connectivity index (χ1n) is 8.63. The molecule has 0 heterocycles. The number of hydrogen-bond acceptors (Lipinski definition) is 2. The Kier molecular flexibility index (Phi) is 8.72. The summed E-state index contributed by atoms with van der Waals surface area (Å²) in [5.74, 6) is 8.44. The van der Waals surface area contributed by atoms with Crippen molar-refractivity contribution in [1.29, 1.82) is 0 Å². The largest absolute Gasteiger partial charge is 0.271 e. The lowest BCUT2D eigenvalue weighted by Gasteiger charge is -2.33. The molecule has 0 spiro atoms. The third kappa shape index (κ3) is 6.76. The third-order valence-electron chi connectivity index (χ3n) is 4.94. The van der Waals surface area contributed by atoms with Crippen LogP contribution < -0.4 is 11.3 Å². The molecular formula is C17H36N2. The molecule has 1 unspecified atom stereocenters. The molecule has 2 nitrogen and oxygen atoms in total. The van der Waals surface area contributed by atoms with E-state index in [0.717, 1.165) is 17.8 Å². The quantitative estimate of drug-likeness (QED) is 0.472. The average molecular weight is 268 g/mol. The van der Waals surface area contributed by atoms with Gasteiger partial charge in [0.1, 0.15) is 0 Å². The van der Waals surface area contributed by atoms with Crippen molar-refractivity contribution in [2.75, 3.05) is 0 Å². The molecule has 0 amide bonds. The maximum atomic E-state index is 5.79. The van der Waals surface area contributed by atoms with Crippen LogP contribution >= 0.6 is 0 Å². The molecular weight excluding hydrogens is 232 g/mol. The molecule has 1 aliphatic carbocycles. The second-order valence-electron chi connectivity index (χ2n) is 7.02. The summed E-state index contributed by atoms with van der Waals surface area (Å²) in [5.41, 5.74) is 3.10. The van der Waals surface area contributed by atoms with E-state index in [0.29, 0.717) is 6.04 Å². The molecule has 1 atom stereocenters. The first kappa shape index (κ1) is 17.0. The molecule has 1 fully saturated rings. The molecule has 0 aromatic rings. The van der Waals surface area contributed by atoms with E-state index in [1.807, 2.05) is 0 Å². The summed E-state index contributed by atoms with van der Waals surface area (Å²) in [6.07, 6.45) is 13.8. The molecule has 19 heavy (non-hydrogen) atoms. The Hall–Kier alpha value is -0.0800. The van der Waals surface area contributed by atoms with Crippen molar-refractivity contribution in [3.8, 4) is 0 Å². The van der Waals surface area contributed by atoms with Gasteiger partial charge in [0.2, 0.25) is 0 Å². The van der Waals surface area contributed by atoms with Crippen molar-refractivity contribution in [1.82, 2.24) is 5.43 Å². The summed E-state index contributed by atoms with van der Waals surface area (Å²) in [6, 6.07) is 0.561. The number of nitrogens with one attached hydrogen (secondary N) is 1. The Morgan fingerprint density at radius 1 is 1.05 bits per heavy atom. The van der Waals surface area contributed by atoms with Crippen LogP contribution in [0.1, 0.15) is 85.0 Å². The Labute approximate surface area is 120 Å². The number of unbranched alkanes of at least 4 members (excludes halogenated alkanes) is 1. The van der Waals surface area contributed by atoms with Crippen LogP contribution in [0.25, 0.3) is 0 Å². The fourth-order valence-electron chi connectivity index (χ4n) is 3.57. The Morgan fingerprint density at radius 3 is 2.26 bits per heavy atom. The van der Waals surface area contributed by atoms with E-state index in [4.69, 9.17) is 5.84 Å². The predicted molar refractivity (Wildman–Crippen MR) is 84.8 cm³/mol. The standard InChI is InChI=1S/C17H36N2/c1-4-5-8-15-10-12-16(13-11-15)17(19-18)9-6-7-14(2)3/h14-17,19H,4-13,18H2,1-3H3. The van der Waals surface area contributed by atoms with Gasteiger partial charge in [0.05, 0.1) is 0 Å². The minimum atomic E-state index is 0.561. The highest BCUT2D eigenvalue weighted by Gasteiger charge is 2.26. The van der Waals surface area contributed by atoms with Gasteiger partial charge in [0.15, 0.2) is 0 Å². The first-order chi connectivity index (χ1) is 9.17. The van der Waals surface area contributed by atoms with Gasteiger partial charge in [0, 0.05) is 6.04 Å². The van der Waals surface area contributed by atoms with Crippen molar-refractivity contribution in [3.05, 3.63) is 0 Å². The summed E-state index contributed by atoms with van der Waals surface area (Å²) in [6.45, 7) is 6.92. The molecule has 0 bridgehead atoms. The number of rotatable bonds is 9. The highest BCUT2D eigenvalue weighted by Crippen LogP contribution is 2.34. The van der Waals surface area contributed by atoms with Crippen LogP contribution in [0.4, 0.5) is 0 Å². The van der Waals surface area contributed by atoms with E-state index >= 15 is 0 Å². The lowest BCUT2D eigenvalue weighted by Crippen LogP contribution is -2.42. The average Bonchev–Trinajstić information content (AvgIpc) is 2.42. The van der Waals surface area contributed by atoms with Gasteiger partial charge in [-0.2, -0.15) is 0 Å². The van der Waals surface area contributed by atoms with Crippen LogP contribution in [0.3, 0.4) is 0 Å². The zero-order chi connectivity index (χ0) is 14.1. The normalized spacial score (nSPS) is 25.7. The predicted octanol–water partition coefficient (Wildman–Crippen LogP) is 4.64. The van der Waals surface area contributed by atoms with E-state index < -0.39 is 0 Å². The summed E-state index contributed by atoms with van der Waals surface area (Å²) in [5, 5.41) is 0. The van der Waals surface area contributed by atoms with Crippen molar-refractivity contribution in [3.63, 3.8) is 0 Å². The summed E-state index contributed by atoms with van der Waals surface area (Å²) < 4.78 is 0. The zero-order valence-corrected chi connectivity index (χ0v) is 13.5. The molecule has 0 aromatic carbocycles. The zero-order valence-electron chi connectivity index (χ0n) is 13.5. The van der Waals surface area contributed by atoms with Gasteiger partial charge in [-0.3, -0.25) is 11.3 Å². The summed E-state index contributed by atoms with van der Waals surface area (Å²) >= 11 is 0. The number of nitrogens with two attached hydrogens (primary N) is 1. The second-order valence-corrected chi connectivity index (χ2v) is 7.02. The van der Waals surface area contributed by atoms with Crippen molar-refractivity contribution >= 4 is 0 Å². The molecule has 1 rings (SSSR count). The Balaban J connectivity index is 2.23. The van der Waals surface area contributed by atoms with E-state index in [1.165, 1.54) is 64.2 Å². The fourth-order valence-corrected chi connectivity index (χ4v) is 3.57. The van der Waals surface area contributed by atoms with Crippen LogP contribution in [0.15, 0.2) is 0 Å². The Bertz CT molecular complexity index is 207. The molecule has 0 saturated heterocycles. The van der Waals surface area contributed by atoms with E-state index in [2.05, 4.69) is 26.2 Å². The minimum Gasteiger partial charge on any atom is -0.271 e. The van der Waals surface area contributed by atoms with E-state index in [9.17, 15) is 0 Å². The lowest BCUT2D eigenvalue weighted by atomic mass is 9.76. The SMILES string of the molecule is CCCCC1CCC(C(CCCC(C)C)NN)CC1. The topological polar surface area (TPSA) is 38.0 Å². The van der Waals surface area contributed by atoms with Crippen molar-refractivity contribution in [2.45, 2.75) is 91.0 Å². The fraction of sp³-hybridized carbons (Fsp3) is 1.00. The Morgan fingerprint density at radius 2 is 1.74 bits per heavy atom. The van der Waals surface area contributed by atoms with Gasteiger partial charge in [0.25, 0.3) is 0 Å². The van der Waals surface area contributed by atoms with Gasteiger partial charge < -0.3 is 0 Å². The van der Waals surface area contributed by atoms with E-state index in [1.54, 1.807) is 0 Å². The molecule has 3 N–H and O–H groups in total. The molecule has 2 heteroatoms. The van der Waals surface area contributed by atoms with Gasteiger partial charge in [-0.15, -0.1) is 0 Å². The molecule has 0 aromatic heterocycles. The van der Waals surface area contributed by atoms with Gasteiger partial charge in [-0.1, -0.05) is 65.7 Å². The van der Waals surface area contributed by atoms with Crippen LogP contribution in [0, 0.1) is 17.8 Å². The van der Waals surface area contributed by atoms with Crippen LogP contribution in [0.2, 0.25) is 0 Å². The van der Waals surface area contributed by atoms with Crippen LogP contribution in [-0.2, 0) is 0 Å². The number of hydrazine groups is 1. The smallest absolute Gasteiger partial charge is 0.0238 e. The maximum absolute atomic E-state index is 5.79. The molecule has 0 radical (unpaired) electrons. The van der Waals surface area contributed by atoms with Gasteiger partial charge >= 0.3 is 0 Å². The lowest BCUT2D eigenvalue weighted by molar-refractivity contribution is 0.203. The van der Waals surface area contributed by atoms with Crippen molar-refractivity contribution in [2.24, 2.45) is 23.6 Å². The monoisotopic (exact) mass is 268 g/mol. The highest BCUT2D eigenvalue weighted by atomic mass is 15.2. The summed E-state index contributed by atoms with van der Waals surface area (Å²) in [4.78, 5) is 0. The van der Waals surface area contributed by atoms with Gasteiger partial charge in [-0.25, -0.2) is 0 Å². The van der Waals surface area contributed by atoms with Crippen LogP contribution in [0.5, 0.6) is 0 Å². The highest BCUT2D eigenvalue weighted by molar-refractivity contribution is 4.81. The second kappa shape index (κ2) is 9.77. The third-order valence-corrected chi connectivity index (χ3v) is 4.94. The summed E-state index contributed by atoms with van der Waals surface area (Å²) in [7, 11) is 0. The number of hydrogen-bond donors (Lipinski definition) is 2. The van der Waals surface area contributed by atoms with Crippen molar-refractivity contribution < 1.29 is 0 Å². The molecule has 1 saturated carbocycles. The molecule has 0 aliphatic heterocycles. The van der Waals surface area contributed by atoms with Gasteiger partial charge in [-0.05, 0) is 37.0 Å². The van der Waals surface area contributed by atoms with E-state index in [-0.39, 0.29) is 0 Å². The maximum Gasteiger partial charge on any atom is 0.0238 e.